The van der Waals surface area contributed by atoms with Gasteiger partial charge in [0.1, 0.15) is 0 Å². The average Bonchev–Trinajstić information content (AvgIpc) is 2.51. The van der Waals surface area contributed by atoms with Gasteiger partial charge in [0.05, 0.1) is 9.79 Å². The van der Waals surface area contributed by atoms with Gasteiger partial charge in [-0.2, -0.15) is 0 Å². The van der Waals surface area contributed by atoms with Gasteiger partial charge in [-0.25, -0.2) is 26.3 Å². The van der Waals surface area contributed by atoms with E-state index in [9.17, 15) is 16.8 Å². The molecule has 0 amide bonds. The molecule has 2 aromatic rings. The summed E-state index contributed by atoms with van der Waals surface area (Å²) in [5, 5.41) is 0. The lowest BCUT2D eigenvalue weighted by atomic mass is 10.1. The van der Waals surface area contributed by atoms with Gasteiger partial charge in [0.2, 0.25) is 20.0 Å². The molecule has 2 aromatic carbocycles. The van der Waals surface area contributed by atoms with E-state index in [0.29, 0.717) is 0 Å². The van der Waals surface area contributed by atoms with Crippen LogP contribution in [0, 0.1) is 0 Å². The Balaban J connectivity index is 2.26. The van der Waals surface area contributed by atoms with Gasteiger partial charge in [-0.1, -0.05) is 24.3 Å². The van der Waals surface area contributed by atoms with E-state index in [2.05, 4.69) is 9.44 Å². The molecule has 8 heteroatoms. The van der Waals surface area contributed by atoms with Crippen molar-refractivity contribution in [1.82, 2.24) is 9.44 Å². The highest BCUT2D eigenvalue weighted by molar-refractivity contribution is 7.89. The van der Waals surface area contributed by atoms with Crippen molar-refractivity contribution in [2.75, 3.05) is 0 Å². The van der Waals surface area contributed by atoms with Crippen molar-refractivity contribution in [2.24, 2.45) is 0 Å². The predicted octanol–water partition coefficient (Wildman–Crippen LogP) is 3.51. The molecule has 0 unspecified atom stereocenters. The summed E-state index contributed by atoms with van der Waals surface area (Å²) in [6.45, 7) is 10.7. The molecule has 0 atom stereocenters. The Hall–Kier alpha value is -1.74. The molecule has 0 heterocycles. The largest absolute Gasteiger partial charge is 0.241 e. The number of nitrogens with one attached hydrogen (secondary N) is 2. The summed E-state index contributed by atoms with van der Waals surface area (Å²) in [5.41, 5.74) is 0.449. The molecule has 0 bridgehead atoms. The van der Waals surface area contributed by atoms with Crippen LogP contribution in [0.15, 0.2) is 58.3 Å². The molecule has 28 heavy (non-hydrogen) atoms. The van der Waals surface area contributed by atoms with E-state index in [1.165, 1.54) is 24.3 Å². The van der Waals surface area contributed by atoms with Gasteiger partial charge in [0, 0.05) is 11.1 Å². The van der Waals surface area contributed by atoms with Gasteiger partial charge in [0.25, 0.3) is 0 Å². The molecule has 6 nitrogen and oxygen atoms in total. The predicted molar refractivity (Wildman–Crippen MR) is 112 cm³/mol. The minimum atomic E-state index is -3.60. The van der Waals surface area contributed by atoms with Crippen molar-refractivity contribution in [3.8, 4) is 11.1 Å². The van der Waals surface area contributed by atoms with Crippen LogP contribution in [-0.4, -0.2) is 27.9 Å². The van der Waals surface area contributed by atoms with Crippen LogP contribution in [0.3, 0.4) is 0 Å². The molecule has 0 saturated carbocycles. The maximum atomic E-state index is 12.4. The first-order valence-electron chi connectivity index (χ1n) is 8.88. The average molecular weight is 425 g/mol. The second-order valence-corrected chi connectivity index (χ2v) is 12.1. The van der Waals surface area contributed by atoms with Crippen LogP contribution >= 0.6 is 0 Å². The second kappa shape index (κ2) is 7.59. The standard InChI is InChI=1S/C20H28N2O4S2/c1-19(2,3)21-27(23,24)17-11-7-15(8-12-17)16-9-13-18(14-10-16)28(25,26)22-20(4,5)6/h7-14,21-22H,1-6H3. The molecule has 0 aliphatic rings. The van der Waals surface area contributed by atoms with Crippen molar-refractivity contribution < 1.29 is 16.8 Å². The lowest BCUT2D eigenvalue weighted by Gasteiger charge is -2.20. The zero-order valence-corrected chi connectivity index (χ0v) is 18.7. The normalized spacial score (nSPS) is 13.5. The van der Waals surface area contributed by atoms with Gasteiger partial charge in [-0.3, -0.25) is 0 Å². The smallest absolute Gasteiger partial charge is 0.207 e. The van der Waals surface area contributed by atoms with Crippen LogP contribution in [0.1, 0.15) is 41.5 Å². The quantitative estimate of drug-likeness (QED) is 0.768. The Bertz CT molecular complexity index is 940. The molecule has 0 aliphatic heterocycles. The number of sulfonamides is 2. The lowest BCUT2D eigenvalue weighted by molar-refractivity contribution is 0.490. The molecule has 0 aliphatic carbocycles. The fourth-order valence-electron chi connectivity index (χ4n) is 2.58. The summed E-state index contributed by atoms with van der Waals surface area (Å²) >= 11 is 0. The van der Waals surface area contributed by atoms with Crippen LogP contribution in [0.5, 0.6) is 0 Å². The van der Waals surface area contributed by atoms with Gasteiger partial charge in [-0.05, 0) is 76.9 Å². The fourth-order valence-corrected chi connectivity index (χ4v) is 5.41. The summed E-state index contributed by atoms with van der Waals surface area (Å²) in [6.07, 6.45) is 0. The van der Waals surface area contributed by atoms with Gasteiger partial charge >= 0.3 is 0 Å². The molecule has 154 valence electrons. The summed E-state index contributed by atoms with van der Waals surface area (Å²) in [7, 11) is -7.20. The molecular formula is C20H28N2O4S2. The summed E-state index contributed by atoms with van der Waals surface area (Å²) in [6, 6.07) is 13.0. The Morgan fingerprint density at radius 1 is 0.536 bits per heavy atom. The first-order valence-corrected chi connectivity index (χ1v) is 11.8. The van der Waals surface area contributed by atoms with E-state index >= 15 is 0 Å². The van der Waals surface area contributed by atoms with E-state index in [-0.39, 0.29) is 9.79 Å². The third-order valence-corrected chi connectivity index (χ3v) is 7.09. The van der Waals surface area contributed by atoms with Crippen molar-refractivity contribution in [2.45, 2.75) is 62.4 Å². The van der Waals surface area contributed by atoms with Crippen LogP contribution in [0.25, 0.3) is 11.1 Å². The topological polar surface area (TPSA) is 92.3 Å². The first kappa shape index (κ1) is 22.5. The first-order chi connectivity index (χ1) is 12.6. The summed E-state index contributed by atoms with van der Waals surface area (Å²) in [4.78, 5) is 0.361. The van der Waals surface area contributed by atoms with Crippen LogP contribution in [0.4, 0.5) is 0 Å². The number of rotatable bonds is 5. The maximum absolute atomic E-state index is 12.4. The number of hydrogen-bond donors (Lipinski definition) is 2. The summed E-state index contributed by atoms with van der Waals surface area (Å²) < 4.78 is 54.7. The molecular weight excluding hydrogens is 396 g/mol. The van der Waals surface area contributed by atoms with E-state index in [4.69, 9.17) is 0 Å². The van der Waals surface area contributed by atoms with Gasteiger partial charge in [0.15, 0.2) is 0 Å². The molecule has 0 aromatic heterocycles. The monoisotopic (exact) mass is 424 g/mol. The van der Waals surface area contributed by atoms with Crippen molar-refractivity contribution in [3.63, 3.8) is 0 Å². The molecule has 2 rings (SSSR count). The Morgan fingerprint density at radius 3 is 1.00 bits per heavy atom. The molecule has 0 saturated heterocycles. The third kappa shape index (κ3) is 6.13. The Kier molecular flexibility index (Phi) is 6.11. The van der Waals surface area contributed by atoms with Crippen molar-refractivity contribution >= 4 is 20.0 Å². The molecule has 0 radical (unpaired) electrons. The lowest BCUT2D eigenvalue weighted by Crippen LogP contribution is -2.40. The van der Waals surface area contributed by atoms with E-state index < -0.39 is 31.1 Å². The fraction of sp³-hybridized carbons (Fsp3) is 0.400. The van der Waals surface area contributed by atoms with Crippen LogP contribution < -0.4 is 9.44 Å². The van der Waals surface area contributed by atoms with Gasteiger partial charge < -0.3 is 0 Å². The zero-order valence-electron chi connectivity index (χ0n) is 17.1. The highest BCUT2D eigenvalue weighted by atomic mass is 32.2. The minimum Gasteiger partial charge on any atom is -0.207 e. The zero-order chi connectivity index (χ0) is 21.4. The minimum absolute atomic E-state index is 0.180. The molecule has 0 spiro atoms. The second-order valence-electron chi connectivity index (χ2n) is 8.76. The number of hydrogen-bond acceptors (Lipinski definition) is 4. The van der Waals surface area contributed by atoms with Gasteiger partial charge in [-0.15, -0.1) is 0 Å². The Morgan fingerprint density at radius 2 is 0.786 bits per heavy atom. The number of benzene rings is 2. The SMILES string of the molecule is CC(C)(C)NS(=O)(=O)c1ccc(-c2ccc(S(=O)(=O)NC(C)(C)C)cc2)cc1. The van der Waals surface area contributed by atoms with Crippen molar-refractivity contribution in [1.29, 1.82) is 0 Å². The van der Waals surface area contributed by atoms with Crippen LogP contribution in [-0.2, 0) is 20.0 Å². The summed E-state index contributed by atoms with van der Waals surface area (Å²) in [5.74, 6) is 0. The molecule has 0 fully saturated rings. The van der Waals surface area contributed by atoms with E-state index in [1.807, 2.05) is 0 Å². The highest BCUT2D eigenvalue weighted by Gasteiger charge is 2.23. The maximum Gasteiger partial charge on any atom is 0.241 e. The van der Waals surface area contributed by atoms with E-state index in [1.54, 1.807) is 65.8 Å². The Labute approximate surface area is 168 Å². The van der Waals surface area contributed by atoms with Crippen LogP contribution in [0.2, 0.25) is 0 Å². The molecule has 2 N–H and O–H groups in total. The van der Waals surface area contributed by atoms with Crippen molar-refractivity contribution in [3.05, 3.63) is 48.5 Å². The highest BCUT2D eigenvalue weighted by Crippen LogP contribution is 2.24. The third-order valence-electron chi connectivity index (χ3n) is 3.54. The van der Waals surface area contributed by atoms with E-state index in [0.717, 1.165) is 11.1 Å².